The van der Waals surface area contributed by atoms with Crippen molar-refractivity contribution in [3.8, 4) is 0 Å². The number of imidazole rings is 1. The highest BCUT2D eigenvalue weighted by Gasteiger charge is 2.46. The van der Waals surface area contributed by atoms with Crippen molar-refractivity contribution in [1.29, 1.82) is 0 Å². The Morgan fingerprint density at radius 2 is 1.96 bits per heavy atom. The lowest BCUT2D eigenvalue weighted by atomic mass is 9.88. The summed E-state index contributed by atoms with van der Waals surface area (Å²) in [4.78, 5) is 13.8. The third kappa shape index (κ3) is 2.26. The Balaban J connectivity index is 1.49. The highest BCUT2D eigenvalue weighted by atomic mass is 15.3. The van der Waals surface area contributed by atoms with E-state index < -0.39 is 0 Å². The van der Waals surface area contributed by atoms with Gasteiger partial charge in [-0.05, 0) is 31.0 Å². The first kappa shape index (κ1) is 14.9. The molecule has 3 aromatic rings. The number of benzene rings is 1. The number of aromatic nitrogens is 3. The monoisotopic (exact) mass is 333 g/mol. The van der Waals surface area contributed by atoms with Gasteiger partial charge in [-0.25, -0.2) is 4.98 Å². The zero-order valence-corrected chi connectivity index (χ0v) is 14.7. The smallest absolute Gasteiger partial charge is 0.156 e. The molecule has 5 heteroatoms. The van der Waals surface area contributed by atoms with Gasteiger partial charge in [-0.15, -0.1) is 0 Å². The number of fused-ring (bicyclic) bond motifs is 2. The fourth-order valence-electron chi connectivity index (χ4n) is 4.90. The number of rotatable bonds is 2. The van der Waals surface area contributed by atoms with Crippen LogP contribution < -0.4 is 4.90 Å². The molecule has 2 saturated heterocycles. The van der Waals surface area contributed by atoms with Crippen LogP contribution in [-0.4, -0.2) is 46.0 Å². The van der Waals surface area contributed by atoms with Gasteiger partial charge in [0, 0.05) is 44.0 Å². The molecule has 2 aliphatic heterocycles. The van der Waals surface area contributed by atoms with Crippen LogP contribution in [0.1, 0.15) is 17.2 Å². The maximum Gasteiger partial charge on any atom is 0.156 e. The summed E-state index contributed by atoms with van der Waals surface area (Å²) in [5.74, 6) is 2.52. The van der Waals surface area contributed by atoms with Gasteiger partial charge in [-0.3, -0.25) is 14.3 Å². The molecule has 25 heavy (non-hydrogen) atoms. The lowest BCUT2D eigenvalue weighted by Crippen LogP contribution is -2.30. The third-order valence-corrected chi connectivity index (χ3v) is 6.02. The second-order valence-corrected chi connectivity index (χ2v) is 7.49. The summed E-state index contributed by atoms with van der Waals surface area (Å²) in [5.41, 5.74) is 3.80. The molecule has 5 rings (SSSR count). The van der Waals surface area contributed by atoms with Crippen molar-refractivity contribution in [2.24, 2.45) is 11.8 Å². The zero-order chi connectivity index (χ0) is 17.0. The van der Waals surface area contributed by atoms with Gasteiger partial charge in [-0.2, -0.15) is 0 Å². The van der Waals surface area contributed by atoms with Gasteiger partial charge in [0.05, 0.1) is 12.4 Å². The molecule has 2 fully saturated rings. The van der Waals surface area contributed by atoms with Crippen LogP contribution in [-0.2, 0) is 0 Å². The minimum absolute atomic E-state index is 0.506. The predicted molar refractivity (Wildman–Crippen MR) is 98.7 cm³/mol. The van der Waals surface area contributed by atoms with Crippen LogP contribution in [0.15, 0.2) is 49.1 Å². The van der Waals surface area contributed by atoms with Crippen LogP contribution in [0.5, 0.6) is 0 Å². The van der Waals surface area contributed by atoms with E-state index >= 15 is 0 Å². The van der Waals surface area contributed by atoms with Gasteiger partial charge in [0.2, 0.25) is 0 Å². The Morgan fingerprint density at radius 3 is 2.84 bits per heavy atom. The van der Waals surface area contributed by atoms with Crippen LogP contribution in [0.3, 0.4) is 0 Å². The molecule has 128 valence electrons. The standard InChI is InChI=1S/C20H23N5/c1-14-5-3-4-6-16(14)20-17-13-24(12-15(17)11-23(20)2)19-10-21-9-18-22-7-8-25(18)19/h3-10,15,17,20H,11-13H2,1-2H3/t15-,17+,20-/m0/s1. The summed E-state index contributed by atoms with van der Waals surface area (Å²) < 4.78 is 2.15. The van der Waals surface area contributed by atoms with Crippen LogP contribution in [0, 0.1) is 18.8 Å². The summed E-state index contributed by atoms with van der Waals surface area (Å²) in [5, 5.41) is 0. The molecular weight excluding hydrogens is 310 g/mol. The summed E-state index contributed by atoms with van der Waals surface area (Å²) in [7, 11) is 2.28. The van der Waals surface area contributed by atoms with E-state index in [0.29, 0.717) is 17.9 Å². The number of aryl methyl sites for hydroxylation is 1. The van der Waals surface area contributed by atoms with E-state index in [1.165, 1.54) is 11.1 Å². The van der Waals surface area contributed by atoms with Gasteiger partial charge in [0.15, 0.2) is 5.65 Å². The average molecular weight is 333 g/mol. The summed E-state index contributed by atoms with van der Waals surface area (Å²) in [6.07, 6.45) is 7.68. The minimum atomic E-state index is 0.506. The minimum Gasteiger partial charge on any atom is -0.356 e. The van der Waals surface area contributed by atoms with Gasteiger partial charge >= 0.3 is 0 Å². The first-order valence-corrected chi connectivity index (χ1v) is 9.00. The number of nitrogens with zero attached hydrogens (tertiary/aromatic N) is 5. The van der Waals surface area contributed by atoms with Gasteiger partial charge in [0.1, 0.15) is 5.82 Å². The number of likely N-dealkylation sites (tertiary alicyclic amines) is 1. The molecule has 2 aromatic heterocycles. The fraction of sp³-hybridized carbons (Fsp3) is 0.400. The summed E-state index contributed by atoms with van der Waals surface area (Å²) >= 11 is 0. The molecule has 0 saturated carbocycles. The lowest BCUT2D eigenvalue weighted by Gasteiger charge is -2.28. The lowest BCUT2D eigenvalue weighted by molar-refractivity contribution is 0.279. The molecule has 0 unspecified atom stereocenters. The van der Waals surface area contributed by atoms with Gasteiger partial charge < -0.3 is 4.90 Å². The van der Waals surface area contributed by atoms with Crippen molar-refractivity contribution in [1.82, 2.24) is 19.3 Å². The second kappa shape index (κ2) is 5.56. The average Bonchev–Trinajstić information content (AvgIpc) is 3.29. The highest BCUT2D eigenvalue weighted by molar-refractivity contribution is 5.50. The highest BCUT2D eigenvalue weighted by Crippen LogP contribution is 2.45. The van der Waals surface area contributed by atoms with Crippen LogP contribution >= 0.6 is 0 Å². The van der Waals surface area contributed by atoms with E-state index in [9.17, 15) is 0 Å². The predicted octanol–water partition coefficient (Wildman–Crippen LogP) is 2.78. The molecule has 0 N–H and O–H groups in total. The Bertz CT molecular complexity index is 917. The zero-order valence-electron chi connectivity index (χ0n) is 14.7. The quantitative estimate of drug-likeness (QED) is 0.723. The van der Waals surface area contributed by atoms with Crippen molar-refractivity contribution >= 4 is 11.5 Å². The van der Waals surface area contributed by atoms with Crippen molar-refractivity contribution < 1.29 is 0 Å². The van der Waals surface area contributed by atoms with E-state index in [1.54, 1.807) is 0 Å². The first-order chi connectivity index (χ1) is 12.2. The maximum absolute atomic E-state index is 4.39. The van der Waals surface area contributed by atoms with Gasteiger partial charge in [-0.1, -0.05) is 24.3 Å². The molecule has 1 aromatic carbocycles. The van der Waals surface area contributed by atoms with E-state index in [1.807, 2.05) is 24.8 Å². The SMILES string of the molecule is Cc1ccccc1[C@H]1[C@@H]2CN(c3cncc4nccn34)C[C@@H]2CN1C. The Kier molecular flexibility index (Phi) is 3.31. The fourth-order valence-corrected chi connectivity index (χ4v) is 4.90. The molecule has 0 bridgehead atoms. The van der Waals surface area contributed by atoms with E-state index in [0.717, 1.165) is 31.1 Å². The third-order valence-electron chi connectivity index (χ3n) is 6.02. The Hall–Kier alpha value is -2.40. The maximum atomic E-state index is 4.39. The normalized spacial score (nSPS) is 26.5. The molecule has 4 heterocycles. The number of hydrogen-bond acceptors (Lipinski definition) is 4. The van der Waals surface area contributed by atoms with E-state index in [2.05, 4.69) is 62.4 Å². The van der Waals surface area contributed by atoms with Crippen molar-refractivity contribution in [2.75, 3.05) is 31.6 Å². The Morgan fingerprint density at radius 1 is 1.08 bits per heavy atom. The summed E-state index contributed by atoms with van der Waals surface area (Å²) in [6.45, 7) is 5.57. The molecule has 5 nitrogen and oxygen atoms in total. The van der Waals surface area contributed by atoms with E-state index in [-0.39, 0.29) is 0 Å². The second-order valence-electron chi connectivity index (χ2n) is 7.49. The van der Waals surface area contributed by atoms with Crippen LogP contribution in [0.4, 0.5) is 5.82 Å². The molecule has 0 amide bonds. The molecule has 0 spiro atoms. The van der Waals surface area contributed by atoms with Crippen molar-refractivity contribution in [3.63, 3.8) is 0 Å². The molecule has 2 aliphatic rings. The van der Waals surface area contributed by atoms with Crippen LogP contribution in [0.2, 0.25) is 0 Å². The molecule has 0 aliphatic carbocycles. The summed E-state index contributed by atoms with van der Waals surface area (Å²) in [6, 6.07) is 9.36. The molecular formula is C20H23N5. The van der Waals surface area contributed by atoms with Crippen LogP contribution in [0.25, 0.3) is 5.65 Å². The Labute approximate surface area is 147 Å². The largest absolute Gasteiger partial charge is 0.356 e. The molecule has 3 atom stereocenters. The molecule has 0 radical (unpaired) electrons. The number of anilines is 1. The number of hydrogen-bond donors (Lipinski definition) is 0. The first-order valence-electron chi connectivity index (χ1n) is 9.00. The van der Waals surface area contributed by atoms with Gasteiger partial charge in [0.25, 0.3) is 0 Å². The van der Waals surface area contributed by atoms with Crippen molar-refractivity contribution in [3.05, 3.63) is 60.2 Å². The topological polar surface area (TPSA) is 36.7 Å². The van der Waals surface area contributed by atoms with E-state index in [4.69, 9.17) is 0 Å². The van der Waals surface area contributed by atoms with Crippen molar-refractivity contribution in [2.45, 2.75) is 13.0 Å².